The van der Waals surface area contributed by atoms with Crippen molar-refractivity contribution in [2.45, 2.75) is 51.2 Å². The summed E-state index contributed by atoms with van der Waals surface area (Å²) in [5.74, 6) is 0.651. The van der Waals surface area contributed by atoms with Gasteiger partial charge in [-0.05, 0) is 35.3 Å². The van der Waals surface area contributed by atoms with Crippen LogP contribution < -0.4 is 5.56 Å². The first kappa shape index (κ1) is 15.2. The number of H-pyrrole nitrogens is 1. The van der Waals surface area contributed by atoms with Crippen LogP contribution in [0, 0.1) is 0 Å². The number of aromatic nitrogens is 2. The molecule has 5 nitrogen and oxygen atoms in total. The normalized spacial score (nSPS) is 26.9. The molecule has 1 aromatic heterocycles. The zero-order valence-electron chi connectivity index (χ0n) is 12.8. The van der Waals surface area contributed by atoms with Crippen LogP contribution in [-0.4, -0.2) is 40.6 Å². The average molecular weight is 356 g/mol. The van der Waals surface area contributed by atoms with Crippen LogP contribution in [0.5, 0.6) is 0 Å². The van der Waals surface area contributed by atoms with Gasteiger partial charge in [0.15, 0.2) is 0 Å². The van der Waals surface area contributed by atoms with Crippen LogP contribution in [0.15, 0.2) is 9.27 Å². The summed E-state index contributed by atoms with van der Waals surface area (Å²) in [6, 6.07) is 0.547. The van der Waals surface area contributed by atoms with Gasteiger partial charge in [-0.25, -0.2) is 4.98 Å². The summed E-state index contributed by atoms with van der Waals surface area (Å²) in [6.45, 7) is 8.84. The van der Waals surface area contributed by atoms with E-state index in [-0.39, 0.29) is 17.1 Å². The van der Waals surface area contributed by atoms with Crippen molar-refractivity contribution in [3.8, 4) is 0 Å². The molecule has 0 amide bonds. The zero-order valence-corrected chi connectivity index (χ0v) is 14.4. The maximum atomic E-state index is 12.2. The summed E-state index contributed by atoms with van der Waals surface area (Å²) in [7, 11) is 0. The first-order valence-corrected chi connectivity index (χ1v) is 8.31. The number of morpholine rings is 1. The van der Waals surface area contributed by atoms with E-state index >= 15 is 0 Å². The van der Waals surface area contributed by atoms with Gasteiger partial charge in [0.2, 0.25) is 0 Å². The van der Waals surface area contributed by atoms with Crippen LogP contribution in [-0.2, 0) is 10.2 Å². The summed E-state index contributed by atoms with van der Waals surface area (Å²) in [5.41, 5.74) is 0.470. The minimum absolute atomic E-state index is 0.128. The molecule has 2 fully saturated rings. The van der Waals surface area contributed by atoms with Crippen molar-refractivity contribution in [3.63, 3.8) is 0 Å². The first-order chi connectivity index (χ1) is 9.86. The fourth-order valence-electron chi connectivity index (χ4n) is 3.11. The number of nitrogens with one attached hydrogen (secondary N) is 1. The molecule has 2 aliphatic rings. The number of halogens is 1. The Morgan fingerprint density at radius 1 is 1.43 bits per heavy atom. The summed E-state index contributed by atoms with van der Waals surface area (Å²) < 4.78 is 6.47. The number of aromatic amines is 1. The number of ether oxygens (including phenoxy) is 1. The van der Waals surface area contributed by atoms with E-state index in [2.05, 4.69) is 51.6 Å². The molecule has 116 valence electrons. The molecule has 1 N–H and O–H groups in total. The Balaban J connectivity index is 1.92. The van der Waals surface area contributed by atoms with E-state index in [4.69, 9.17) is 4.74 Å². The Bertz CT molecular complexity index is 594. The lowest BCUT2D eigenvalue weighted by Crippen LogP contribution is -2.43. The second-order valence-corrected chi connectivity index (χ2v) is 7.77. The Morgan fingerprint density at radius 3 is 2.90 bits per heavy atom. The van der Waals surface area contributed by atoms with Crippen LogP contribution >= 0.6 is 15.9 Å². The van der Waals surface area contributed by atoms with Gasteiger partial charge in [0.05, 0.1) is 12.3 Å². The topological polar surface area (TPSA) is 58.2 Å². The van der Waals surface area contributed by atoms with Crippen molar-refractivity contribution >= 4 is 15.9 Å². The van der Waals surface area contributed by atoms with Gasteiger partial charge in [-0.15, -0.1) is 0 Å². The Kier molecular flexibility index (Phi) is 3.96. The third-order valence-corrected chi connectivity index (χ3v) is 5.02. The molecule has 1 aromatic rings. The molecule has 2 saturated heterocycles. The molecule has 0 saturated carbocycles. The number of fused-ring (bicyclic) bond motifs is 1. The molecule has 0 radical (unpaired) electrons. The van der Waals surface area contributed by atoms with Gasteiger partial charge in [-0.2, -0.15) is 0 Å². The highest BCUT2D eigenvalue weighted by molar-refractivity contribution is 9.10. The molecule has 0 aliphatic carbocycles. The third kappa shape index (κ3) is 2.94. The highest BCUT2D eigenvalue weighted by atomic mass is 79.9. The predicted molar refractivity (Wildman–Crippen MR) is 84.5 cm³/mol. The lowest BCUT2D eigenvalue weighted by molar-refractivity contribution is -0.0543. The van der Waals surface area contributed by atoms with Gasteiger partial charge in [0.1, 0.15) is 16.4 Å². The van der Waals surface area contributed by atoms with Crippen molar-refractivity contribution in [2.75, 3.05) is 19.7 Å². The lowest BCUT2D eigenvalue weighted by Gasteiger charge is -2.35. The van der Waals surface area contributed by atoms with E-state index in [9.17, 15) is 4.79 Å². The zero-order chi connectivity index (χ0) is 15.2. The smallest absolute Gasteiger partial charge is 0.265 e. The van der Waals surface area contributed by atoms with Gasteiger partial charge in [-0.1, -0.05) is 20.8 Å². The number of hydrogen-bond acceptors (Lipinski definition) is 4. The van der Waals surface area contributed by atoms with Crippen molar-refractivity contribution in [3.05, 3.63) is 26.3 Å². The van der Waals surface area contributed by atoms with Crippen molar-refractivity contribution in [1.29, 1.82) is 0 Å². The van der Waals surface area contributed by atoms with E-state index in [0.29, 0.717) is 16.3 Å². The van der Waals surface area contributed by atoms with E-state index in [1.165, 1.54) is 12.8 Å². The molecule has 21 heavy (non-hydrogen) atoms. The molecule has 2 unspecified atom stereocenters. The Hall–Kier alpha value is -0.720. The number of rotatable bonds is 1. The molecule has 6 heteroatoms. The fourth-order valence-corrected chi connectivity index (χ4v) is 3.89. The molecular weight excluding hydrogens is 334 g/mol. The Morgan fingerprint density at radius 2 is 2.19 bits per heavy atom. The fraction of sp³-hybridized carbons (Fsp3) is 0.733. The quantitative estimate of drug-likeness (QED) is 0.839. The van der Waals surface area contributed by atoms with E-state index < -0.39 is 0 Å². The van der Waals surface area contributed by atoms with E-state index in [1.54, 1.807) is 0 Å². The summed E-state index contributed by atoms with van der Waals surface area (Å²) in [4.78, 5) is 22.2. The maximum absolute atomic E-state index is 12.2. The van der Waals surface area contributed by atoms with Gasteiger partial charge in [0, 0.05) is 18.0 Å². The molecule has 2 aliphatic heterocycles. The van der Waals surface area contributed by atoms with Crippen LogP contribution in [0.3, 0.4) is 0 Å². The SMILES string of the molecule is CC(C)(C)c1nc(C2CN3CCCC3CO2)[nH]c(=O)c1Br. The first-order valence-electron chi connectivity index (χ1n) is 7.52. The third-order valence-electron chi connectivity index (χ3n) is 4.29. The van der Waals surface area contributed by atoms with Gasteiger partial charge in [-0.3, -0.25) is 9.69 Å². The van der Waals surface area contributed by atoms with Gasteiger partial charge < -0.3 is 9.72 Å². The number of nitrogens with zero attached hydrogens (tertiary/aromatic N) is 2. The van der Waals surface area contributed by atoms with Crippen molar-refractivity contribution in [2.24, 2.45) is 0 Å². The van der Waals surface area contributed by atoms with Crippen LogP contribution in [0.4, 0.5) is 0 Å². The molecule has 3 rings (SSSR count). The van der Waals surface area contributed by atoms with Crippen LogP contribution in [0.2, 0.25) is 0 Å². The molecule has 0 bridgehead atoms. The van der Waals surface area contributed by atoms with Crippen LogP contribution in [0.1, 0.15) is 51.2 Å². The molecule has 0 aromatic carbocycles. The summed E-state index contributed by atoms with van der Waals surface area (Å²) >= 11 is 3.36. The molecule has 3 heterocycles. The molecule has 2 atom stereocenters. The monoisotopic (exact) mass is 355 g/mol. The van der Waals surface area contributed by atoms with E-state index in [0.717, 1.165) is 25.4 Å². The lowest BCUT2D eigenvalue weighted by atomic mass is 9.92. The van der Waals surface area contributed by atoms with Gasteiger partial charge in [0.25, 0.3) is 5.56 Å². The second kappa shape index (κ2) is 5.48. The van der Waals surface area contributed by atoms with Crippen LogP contribution in [0.25, 0.3) is 0 Å². The van der Waals surface area contributed by atoms with Crippen molar-refractivity contribution < 1.29 is 4.74 Å². The minimum atomic E-state index is -0.188. The van der Waals surface area contributed by atoms with Crippen molar-refractivity contribution in [1.82, 2.24) is 14.9 Å². The van der Waals surface area contributed by atoms with E-state index in [1.807, 2.05) is 0 Å². The highest BCUT2D eigenvalue weighted by Gasteiger charge is 2.34. The minimum Gasteiger partial charge on any atom is -0.367 e. The molecular formula is C15H22BrN3O2. The maximum Gasteiger partial charge on any atom is 0.265 e. The summed E-state index contributed by atoms with van der Waals surface area (Å²) in [6.07, 6.45) is 2.31. The Labute approximate surface area is 133 Å². The predicted octanol–water partition coefficient (Wildman–Crippen LogP) is 2.37. The average Bonchev–Trinajstić information content (AvgIpc) is 2.87. The summed E-state index contributed by atoms with van der Waals surface area (Å²) in [5, 5.41) is 0. The standard InChI is InChI=1S/C15H22BrN3O2/c1-15(2,3)12-11(16)14(20)18-13(17-12)10-7-19-6-4-5-9(19)8-21-10/h9-10H,4-8H2,1-3H3,(H,17,18,20). The molecule has 0 spiro atoms. The highest BCUT2D eigenvalue weighted by Crippen LogP contribution is 2.30. The largest absolute Gasteiger partial charge is 0.367 e. The second-order valence-electron chi connectivity index (χ2n) is 6.98. The number of hydrogen-bond donors (Lipinski definition) is 1. The van der Waals surface area contributed by atoms with Gasteiger partial charge >= 0.3 is 0 Å².